The Morgan fingerprint density at radius 2 is 1.72 bits per heavy atom. The fourth-order valence-corrected chi connectivity index (χ4v) is 4.30. The molecule has 1 aromatic heterocycles. The summed E-state index contributed by atoms with van der Waals surface area (Å²) >= 11 is 0. The minimum Gasteiger partial charge on any atom is -0.453 e. The second-order valence-electron chi connectivity index (χ2n) is 7.77. The number of para-hydroxylation sites is 1. The Morgan fingerprint density at radius 1 is 1.10 bits per heavy atom. The molecule has 4 atom stereocenters. The molecule has 8 nitrogen and oxygen atoms in total. The molecular formula is C21H23N3O5. The lowest BCUT2D eigenvalue weighted by atomic mass is 9.81. The van der Waals surface area contributed by atoms with E-state index < -0.39 is 18.1 Å². The number of amides is 2. The average molecular weight is 397 g/mol. The van der Waals surface area contributed by atoms with E-state index in [2.05, 4.69) is 9.97 Å². The molecule has 1 saturated carbocycles. The Hall–Kier alpha value is -3.03. The number of nitrogens with one attached hydrogen (secondary N) is 1. The van der Waals surface area contributed by atoms with E-state index in [1.807, 2.05) is 0 Å². The van der Waals surface area contributed by atoms with E-state index in [0.717, 1.165) is 17.7 Å². The van der Waals surface area contributed by atoms with Crippen LogP contribution in [-0.4, -0.2) is 38.7 Å². The second-order valence-corrected chi connectivity index (χ2v) is 7.77. The number of benzene rings is 1. The van der Waals surface area contributed by atoms with Gasteiger partial charge in [-0.1, -0.05) is 25.0 Å². The number of imide groups is 1. The van der Waals surface area contributed by atoms with Crippen LogP contribution in [0.2, 0.25) is 0 Å². The summed E-state index contributed by atoms with van der Waals surface area (Å²) in [7, 11) is 0. The van der Waals surface area contributed by atoms with Gasteiger partial charge in [0.15, 0.2) is 11.9 Å². The van der Waals surface area contributed by atoms with Crippen LogP contribution in [0.3, 0.4) is 0 Å². The van der Waals surface area contributed by atoms with Gasteiger partial charge in [-0.05, 0) is 38.8 Å². The van der Waals surface area contributed by atoms with Crippen molar-refractivity contribution in [1.29, 1.82) is 0 Å². The minimum atomic E-state index is -1.02. The summed E-state index contributed by atoms with van der Waals surface area (Å²) in [5.74, 6) is -1.69. The van der Waals surface area contributed by atoms with Crippen LogP contribution in [0, 0.1) is 11.8 Å². The summed E-state index contributed by atoms with van der Waals surface area (Å²) in [5.41, 5.74) is 0.173. The number of carbonyl (C=O) groups excluding carboxylic acids is 3. The van der Waals surface area contributed by atoms with Gasteiger partial charge in [-0.3, -0.25) is 19.3 Å². The smallest absolute Gasteiger partial charge is 0.329 e. The van der Waals surface area contributed by atoms with Crippen molar-refractivity contribution >= 4 is 28.7 Å². The fourth-order valence-electron chi connectivity index (χ4n) is 4.30. The van der Waals surface area contributed by atoms with Crippen LogP contribution in [-0.2, 0) is 19.1 Å². The van der Waals surface area contributed by atoms with Crippen molar-refractivity contribution in [2.45, 2.75) is 51.7 Å². The van der Waals surface area contributed by atoms with Crippen LogP contribution in [0.1, 0.15) is 51.5 Å². The summed E-state index contributed by atoms with van der Waals surface area (Å²) < 4.78 is 5.45. The van der Waals surface area contributed by atoms with E-state index in [9.17, 15) is 19.2 Å². The molecular weight excluding hydrogens is 374 g/mol. The van der Waals surface area contributed by atoms with Crippen molar-refractivity contribution in [3.05, 3.63) is 40.4 Å². The molecule has 1 N–H and O–H groups in total. The predicted molar refractivity (Wildman–Crippen MR) is 104 cm³/mol. The number of ether oxygens (including phenoxy) is 1. The predicted octanol–water partition coefficient (Wildman–Crippen LogP) is 2.09. The molecule has 2 heterocycles. The van der Waals surface area contributed by atoms with Crippen molar-refractivity contribution in [1.82, 2.24) is 14.9 Å². The molecule has 152 valence electrons. The molecule has 1 aliphatic heterocycles. The third-order valence-corrected chi connectivity index (χ3v) is 5.91. The van der Waals surface area contributed by atoms with E-state index in [-0.39, 0.29) is 35.0 Å². The first-order valence-corrected chi connectivity index (χ1v) is 9.95. The molecule has 0 spiro atoms. The van der Waals surface area contributed by atoms with Gasteiger partial charge in [0.05, 0.1) is 22.7 Å². The van der Waals surface area contributed by atoms with Gasteiger partial charge in [0, 0.05) is 0 Å². The SMILES string of the molecule is C[C@H](OC(=O)[C@H](C)N1C(=O)[C@H]2CCCC[C@@H]2C1=O)c1nc2ccccc2c(=O)[nH]1. The number of nitrogens with zero attached hydrogens (tertiary/aromatic N) is 2. The minimum absolute atomic E-state index is 0.210. The summed E-state index contributed by atoms with van der Waals surface area (Å²) in [4.78, 5) is 58.3. The van der Waals surface area contributed by atoms with Gasteiger partial charge in [-0.2, -0.15) is 0 Å². The Bertz CT molecular complexity index is 1020. The number of aromatic amines is 1. The topological polar surface area (TPSA) is 109 Å². The fraction of sp³-hybridized carbons (Fsp3) is 0.476. The Balaban J connectivity index is 1.51. The standard InChI is InChI=1S/C21H23N3O5/c1-11(24-19(26)13-7-3-4-8-14(13)20(24)27)21(28)29-12(2)17-22-16-10-6-5-9-15(16)18(25)23-17/h5-6,9-14H,3-4,7-8H2,1-2H3,(H,22,23,25)/t11-,12-,13-,14-/m0/s1. The second kappa shape index (κ2) is 7.42. The lowest BCUT2D eigenvalue weighted by molar-refractivity contribution is -0.161. The molecule has 2 aromatic rings. The number of H-pyrrole nitrogens is 1. The first-order valence-electron chi connectivity index (χ1n) is 9.95. The van der Waals surface area contributed by atoms with Crippen LogP contribution in [0.15, 0.2) is 29.1 Å². The van der Waals surface area contributed by atoms with Crippen LogP contribution < -0.4 is 5.56 Å². The highest BCUT2D eigenvalue weighted by Gasteiger charge is 2.51. The number of aromatic nitrogens is 2. The van der Waals surface area contributed by atoms with Crippen LogP contribution in [0.5, 0.6) is 0 Å². The zero-order chi connectivity index (χ0) is 20.7. The van der Waals surface area contributed by atoms with Crippen LogP contribution >= 0.6 is 0 Å². The van der Waals surface area contributed by atoms with Gasteiger partial charge < -0.3 is 9.72 Å². The van der Waals surface area contributed by atoms with Crippen molar-refractivity contribution in [2.75, 3.05) is 0 Å². The normalized spacial score (nSPS) is 23.7. The van der Waals surface area contributed by atoms with Gasteiger partial charge in [0.1, 0.15) is 6.04 Å². The van der Waals surface area contributed by atoms with E-state index in [4.69, 9.17) is 4.74 Å². The molecule has 2 amide bonds. The van der Waals surface area contributed by atoms with E-state index in [1.54, 1.807) is 31.2 Å². The molecule has 8 heteroatoms. The summed E-state index contributed by atoms with van der Waals surface area (Å²) in [6.45, 7) is 3.09. The first-order chi connectivity index (χ1) is 13.9. The van der Waals surface area contributed by atoms with E-state index in [1.165, 1.54) is 6.92 Å². The van der Waals surface area contributed by atoms with Gasteiger partial charge in [0.2, 0.25) is 11.8 Å². The van der Waals surface area contributed by atoms with Gasteiger partial charge in [0.25, 0.3) is 5.56 Å². The van der Waals surface area contributed by atoms with E-state index >= 15 is 0 Å². The van der Waals surface area contributed by atoms with Crippen molar-refractivity contribution in [2.24, 2.45) is 11.8 Å². The molecule has 4 rings (SSSR count). The zero-order valence-corrected chi connectivity index (χ0v) is 16.4. The lowest BCUT2D eigenvalue weighted by Crippen LogP contribution is -2.44. The number of carbonyl (C=O) groups is 3. The van der Waals surface area contributed by atoms with Gasteiger partial charge in [-0.25, -0.2) is 9.78 Å². The summed E-state index contributed by atoms with van der Waals surface area (Å²) in [6.07, 6.45) is 2.38. The van der Waals surface area contributed by atoms with E-state index in [0.29, 0.717) is 23.7 Å². The van der Waals surface area contributed by atoms with Crippen molar-refractivity contribution in [3.8, 4) is 0 Å². The van der Waals surface area contributed by atoms with Gasteiger partial charge >= 0.3 is 5.97 Å². The first kappa shape index (κ1) is 19.3. The number of esters is 1. The number of hydrogen-bond acceptors (Lipinski definition) is 6. The Labute approximate surface area is 167 Å². The lowest BCUT2D eigenvalue weighted by Gasteiger charge is -2.23. The molecule has 0 radical (unpaired) electrons. The molecule has 1 aromatic carbocycles. The van der Waals surface area contributed by atoms with Crippen molar-refractivity contribution < 1.29 is 19.1 Å². The summed E-state index contributed by atoms with van der Waals surface area (Å²) in [6, 6.07) is 5.85. The Morgan fingerprint density at radius 3 is 2.38 bits per heavy atom. The maximum atomic E-state index is 12.7. The number of likely N-dealkylation sites (tertiary alicyclic amines) is 1. The highest BCUT2D eigenvalue weighted by Crippen LogP contribution is 2.39. The molecule has 2 fully saturated rings. The molecule has 2 aliphatic rings. The quantitative estimate of drug-likeness (QED) is 0.625. The molecule has 29 heavy (non-hydrogen) atoms. The molecule has 1 saturated heterocycles. The molecule has 0 bridgehead atoms. The zero-order valence-electron chi connectivity index (χ0n) is 16.4. The monoisotopic (exact) mass is 397 g/mol. The van der Waals surface area contributed by atoms with Crippen molar-refractivity contribution in [3.63, 3.8) is 0 Å². The third kappa shape index (κ3) is 3.32. The highest BCUT2D eigenvalue weighted by atomic mass is 16.5. The number of fused-ring (bicyclic) bond motifs is 2. The third-order valence-electron chi connectivity index (χ3n) is 5.91. The Kier molecular flexibility index (Phi) is 4.94. The van der Waals surface area contributed by atoms with Crippen LogP contribution in [0.25, 0.3) is 10.9 Å². The number of hydrogen-bond donors (Lipinski definition) is 1. The highest BCUT2D eigenvalue weighted by molar-refractivity contribution is 6.07. The largest absolute Gasteiger partial charge is 0.453 e. The van der Waals surface area contributed by atoms with Gasteiger partial charge in [-0.15, -0.1) is 0 Å². The molecule has 1 aliphatic carbocycles. The summed E-state index contributed by atoms with van der Waals surface area (Å²) in [5, 5.41) is 0.444. The maximum absolute atomic E-state index is 12.7. The molecule has 0 unspecified atom stereocenters. The average Bonchev–Trinajstić information content (AvgIpc) is 2.98. The maximum Gasteiger partial charge on any atom is 0.329 e. The number of rotatable bonds is 4. The van der Waals surface area contributed by atoms with Crippen LogP contribution in [0.4, 0.5) is 0 Å².